The van der Waals surface area contributed by atoms with Gasteiger partial charge in [-0.3, -0.25) is 19.6 Å². The van der Waals surface area contributed by atoms with Crippen molar-refractivity contribution in [2.75, 3.05) is 70.3 Å². The lowest BCUT2D eigenvalue weighted by molar-refractivity contribution is -0.119. The zero-order chi connectivity index (χ0) is 22.8. The molecule has 2 aliphatic rings. The molecule has 0 aromatic heterocycles. The number of para-hydroxylation sites is 1. The van der Waals surface area contributed by atoms with Crippen molar-refractivity contribution in [3.8, 4) is 0 Å². The van der Waals surface area contributed by atoms with Gasteiger partial charge in [-0.1, -0.05) is 12.1 Å². The standard InChI is InChI=1S/C23H38FN7O/c1-2-26-23(28-19-8-12-30(13-9-19)18-22(25)32)27-10-5-11-29-14-16-31(17-15-29)21-7-4-3-6-20(21)24/h3-4,6-7,19H,2,5,8-18H2,1H3,(H2,25,32)(H2,26,27,28). The first-order valence-electron chi connectivity index (χ1n) is 11.8. The smallest absolute Gasteiger partial charge is 0.231 e. The van der Waals surface area contributed by atoms with E-state index in [0.29, 0.717) is 18.3 Å². The normalized spacial score (nSPS) is 19.2. The van der Waals surface area contributed by atoms with Gasteiger partial charge in [0.15, 0.2) is 5.96 Å². The molecule has 0 radical (unpaired) electrons. The SMILES string of the molecule is CCNC(=NCCCN1CCN(c2ccccc2F)CC1)NC1CCN(CC(N)=O)CC1. The molecule has 2 saturated heterocycles. The quantitative estimate of drug-likeness (QED) is 0.295. The minimum Gasteiger partial charge on any atom is -0.369 e. The second-order valence-corrected chi connectivity index (χ2v) is 8.56. The number of primary amides is 1. The van der Waals surface area contributed by atoms with Crippen LogP contribution in [0.2, 0.25) is 0 Å². The Kier molecular flexibility index (Phi) is 9.55. The zero-order valence-electron chi connectivity index (χ0n) is 19.2. The lowest BCUT2D eigenvalue weighted by Gasteiger charge is -2.36. The Bertz CT molecular complexity index is 744. The molecule has 2 aliphatic heterocycles. The maximum absolute atomic E-state index is 14.0. The molecule has 0 unspecified atom stereocenters. The topological polar surface area (TPSA) is 89.2 Å². The second-order valence-electron chi connectivity index (χ2n) is 8.56. The summed E-state index contributed by atoms with van der Waals surface area (Å²) in [6.45, 7) is 10.3. The van der Waals surface area contributed by atoms with Crippen LogP contribution >= 0.6 is 0 Å². The molecule has 1 amide bonds. The molecule has 0 saturated carbocycles. The monoisotopic (exact) mass is 447 g/mol. The number of benzene rings is 1. The van der Waals surface area contributed by atoms with Crippen molar-refractivity contribution in [2.24, 2.45) is 10.7 Å². The molecule has 0 bridgehead atoms. The van der Waals surface area contributed by atoms with Gasteiger partial charge >= 0.3 is 0 Å². The van der Waals surface area contributed by atoms with Crippen molar-refractivity contribution in [1.29, 1.82) is 0 Å². The number of likely N-dealkylation sites (tertiary alicyclic amines) is 1. The van der Waals surface area contributed by atoms with Crippen molar-refractivity contribution in [3.05, 3.63) is 30.1 Å². The highest BCUT2D eigenvalue weighted by atomic mass is 19.1. The first kappa shape index (κ1) is 24.3. The van der Waals surface area contributed by atoms with Crippen LogP contribution in [0, 0.1) is 5.82 Å². The predicted molar refractivity (Wildman–Crippen MR) is 127 cm³/mol. The van der Waals surface area contributed by atoms with Crippen LogP contribution in [0.3, 0.4) is 0 Å². The lowest BCUT2D eigenvalue weighted by atomic mass is 10.1. The number of nitrogens with zero attached hydrogens (tertiary/aromatic N) is 4. The first-order valence-corrected chi connectivity index (χ1v) is 11.8. The number of carbonyl (C=O) groups excluding carboxylic acids is 1. The van der Waals surface area contributed by atoms with Crippen molar-refractivity contribution in [2.45, 2.75) is 32.2 Å². The first-order chi connectivity index (χ1) is 15.5. The maximum atomic E-state index is 14.0. The van der Waals surface area contributed by atoms with E-state index < -0.39 is 0 Å². The maximum Gasteiger partial charge on any atom is 0.231 e. The van der Waals surface area contributed by atoms with Gasteiger partial charge in [-0.25, -0.2) is 4.39 Å². The fourth-order valence-corrected chi connectivity index (χ4v) is 4.37. The lowest BCUT2D eigenvalue weighted by Crippen LogP contribution is -2.50. The molecule has 2 heterocycles. The van der Waals surface area contributed by atoms with E-state index >= 15 is 0 Å². The number of halogens is 1. The van der Waals surface area contributed by atoms with E-state index in [1.54, 1.807) is 6.07 Å². The number of hydrogen-bond donors (Lipinski definition) is 3. The molecule has 1 aromatic rings. The fraction of sp³-hybridized carbons (Fsp3) is 0.652. The summed E-state index contributed by atoms with van der Waals surface area (Å²) in [5.41, 5.74) is 6.00. The predicted octanol–water partition coefficient (Wildman–Crippen LogP) is 0.843. The molecular weight excluding hydrogens is 409 g/mol. The molecular formula is C23H38FN7O. The Morgan fingerprint density at radius 1 is 1.12 bits per heavy atom. The number of anilines is 1. The second kappa shape index (κ2) is 12.6. The average Bonchev–Trinajstić information content (AvgIpc) is 2.78. The number of hydrogen-bond acceptors (Lipinski definition) is 5. The minimum atomic E-state index is -0.264. The van der Waals surface area contributed by atoms with E-state index in [9.17, 15) is 9.18 Å². The number of amides is 1. The third kappa shape index (κ3) is 7.63. The molecule has 178 valence electrons. The number of carbonyl (C=O) groups is 1. The summed E-state index contributed by atoms with van der Waals surface area (Å²) in [6.07, 6.45) is 2.95. The van der Waals surface area contributed by atoms with Gasteiger partial charge in [-0.05, 0) is 38.3 Å². The van der Waals surface area contributed by atoms with Crippen molar-refractivity contribution in [3.63, 3.8) is 0 Å². The molecule has 2 fully saturated rings. The van der Waals surface area contributed by atoms with Crippen molar-refractivity contribution in [1.82, 2.24) is 20.4 Å². The van der Waals surface area contributed by atoms with Gasteiger partial charge < -0.3 is 21.3 Å². The molecule has 0 aliphatic carbocycles. The Morgan fingerprint density at radius 2 is 1.84 bits per heavy atom. The highest BCUT2D eigenvalue weighted by molar-refractivity contribution is 5.80. The van der Waals surface area contributed by atoms with Gasteiger partial charge in [-0.2, -0.15) is 0 Å². The van der Waals surface area contributed by atoms with E-state index in [0.717, 1.165) is 84.1 Å². The third-order valence-corrected chi connectivity index (χ3v) is 6.12. The number of aliphatic imine (C=N–C) groups is 1. The molecule has 8 nitrogen and oxygen atoms in total. The van der Waals surface area contributed by atoms with Gasteiger partial charge in [0, 0.05) is 64.9 Å². The Morgan fingerprint density at radius 3 is 2.50 bits per heavy atom. The largest absolute Gasteiger partial charge is 0.369 e. The number of rotatable bonds is 9. The van der Waals surface area contributed by atoms with Crippen LogP contribution in [0.4, 0.5) is 10.1 Å². The van der Waals surface area contributed by atoms with Gasteiger partial charge in [0.2, 0.25) is 5.91 Å². The molecule has 1 aromatic carbocycles. The van der Waals surface area contributed by atoms with Crippen LogP contribution in [-0.4, -0.2) is 93.2 Å². The summed E-state index contributed by atoms with van der Waals surface area (Å²) >= 11 is 0. The minimum absolute atomic E-state index is 0.141. The van der Waals surface area contributed by atoms with Crippen LogP contribution in [0.1, 0.15) is 26.2 Å². The highest BCUT2D eigenvalue weighted by Gasteiger charge is 2.21. The molecule has 0 spiro atoms. The van der Waals surface area contributed by atoms with Crippen LogP contribution in [0.15, 0.2) is 29.3 Å². The number of piperidine rings is 1. The van der Waals surface area contributed by atoms with Crippen LogP contribution in [0.25, 0.3) is 0 Å². The summed E-state index contributed by atoms with van der Waals surface area (Å²) < 4.78 is 14.0. The molecule has 9 heteroatoms. The van der Waals surface area contributed by atoms with Crippen molar-refractivity contribution >= 4 is 17.6 Å². The van der Waals surface area contributed by atoms with Crippen molar-refractivity contribution < 1.29 is 9.18 Å². The van der Waals surface area contributed by atoms with Crippen LogP contribution in [-0.2, 0) is 4.79 Å². The Balaban J connectivity index is 1.36. The van der Waals surface area contributed by atoms with Crippen LogP contribution in [0.5, 0.6) is 0 Å². The Labute approximate surface area is 191 Å². The van der Waals surface area contributed by atoms with Gasteiger partial charge in [-0.15, -0.1) is 0 Å². The molecule has 0 atom stereocenters. The average molecular weight is 448 g/mol. The molecule has 32 heavy (non-hydrogen) atoms. The number of piperazine rings is 1. The third-order valence-electron chi connectivity index (χ3n) is 6.12. The summed E-state index contributed by atoms with van der Waals surface area (Å²) in [5, 5.41) is 6.88. The summed E-state index contributed by atoms with van der Waals surface area (Å²) in [5.74, 6) is 0.461. The number of nitrogens with one attached hydrogen (secondary N) is 2. The number of nitrogens with two attached hydrogens (primary N) is 1. The van der Waals surface area contributed by atoms with Gasteiger partial charge in [0.05, 0.1) is 12.2 Å². The fourth-order valence-electron chi connectivity index (χ4n) is 4.37. The zero-order valence-corrected chi connectivity index (χ0v) is 19.2. The van der Waals surface area contributed by atoms with E-state index in [2.05, 4.69) is 32.3 Å². The highest BCUT2D eigenvalue weighted by Crippen LogP contribution is 2.20. The van der Waals surface area contributed by atoms with E-state index in [1.807, 2.05) is 12.1 Å². The van der Waals surface area contributed by atoms with Gasteiger partial charge in [0.1, 0.15) is 5.82 Å². The van der Waals surface area contributed by atoms with E-state index in [1.165, 1.54) is 6.07 Å². The Hall–Kier alpha value is -2.39. The molecule has 4 N–H and O–H groups in total. The summed E-state index contributed by atoms with van der Waals surface area (Å²) in [4.78, 5) is 22.5. The molecule has 3 rings (SSSR count). The van der Waals surface area contributed by atoms with E-state index in [4.69, 9.17) is 10.7 Å². The van der Waals surface area contributed by atoms with E-state index in [-0.39, 0.29) is 11.7 Å². The van der Waals surface area contributed by atoms with Crippen LogP contribution < -0.4 is 21.3 Å². The van der Waals surface area contributed by atoms with Gasteiger partial charge in [0.25, 0.3) is 0 Å². The summed E-state index contributed by atoms with van der Waals surface area (Å²) in [7, 11) is 0. The number of guanidine groups is 1. The summed E-state index contributed by atoms with van der Waals surface area (Å²) in [6, 6.07) is 7.38.